The third kappa shape index (κ3) is 3.11. The molecule has 1 unspecified atom stereocenters. The van der Waals surface area contributed by atoms with Crippen molar-refractivity contribution in [1.82, 2.24) is 10.2 Å². The molecule has 0 aromatic rings. The summed E-state index contributed by atoms with van der Waals surface area (Å²) >= 11 is 0. The summed E-state index contributed by atoms with van der Waals surface area (Å²) in [5.41, 5.74) is 4.73. The van der Waals surface area contributed by atoms with E-state index in [1.54, 1.807) is 0 Å². The third-order valence-electron chi connectivity index (χ3n) is 3.25. The third-order valence-corrected chi connectivity index (χ3v) is 3.25. The molecule has 1 aliphatic heterocycles. The summed E-state index contributed by atoms with van der Waals surface area (Å²) in [6.07, 6.45) is 7.63. The zero-order chi connectivity index (χ0) is 12.1. The van der Waals surface area contributed by atoms with Crippen molar-refractivity contribution in [2.24, 2.45) is 5.16 Å². The molecule has 2 aliphatic rings. The lowest BCUT2D eigenvalue weighted by atomic mass is 9.88. The van der Waals surface area contributed by atoms with Crippen LogP contribution in [-0.2, 0) is 4.79 Å². The molecule has 5 nitrogen and oxygen atoms in total. The molecule has 1 saturated carbocycles. The summed E-state index contributed by atoms with van der Waals surface area (Å²) in [6, 6.07) is 0.573. The van der Waals surface area contributed by atoms with E-state index >= 15 is 0 Å². The van der Waals surface area contributed by atoms with Crippen LogP contribution in [0.3, 0.4) is 0 Å². The molecule has 1 atom stereocenters. The quantitative estimate of drug-likeness (QED) is 0.329. The van der Waals surface area contributed by atoms with Gasteiger partial charge < -0.3 is 15.4 Å². The maximum atomic E-state index is 11.0. The van der Waals surface area contributed by atoms with Crippen molar-refractivity contribution in [3.8, 4) is 0 Å². The van der Waals surface area contributed by atoms with Gasteiger partial charge in [-0.3, -0.25) is 4.79 Å². The Morgan fingerprint density at radius 1 is 1.76 bits per heavy atom. The number of carbonyl (C=O) groups is 1. The van der Waals surface area contributed by atoms with Crippen molar-refractivity contribution in [3.63, 3.8) is 0 Å². The minimum absolute atomic E-state index is 0.367. The Morgan fingerprint density at radius 2 is 2.65 bits per heavy atom. The van der Waals surface area contributed by atoms with Crippen molar-refractivity contribution in [2.75, 3.05) is 13.1 Å². The molecular weight excluding hydrogens is 218 g/mol. The number of hydrogen-bond acceptors (Lipinski definition) is 4. The smallest absolute Gasteiger partial charge is 0.265 e. The van der Waals surface area contributed by atoms with Gasteiger partial charge in [0.25, 0.3) is 5.91 Å². The van der Waals surface area contributed by atoms with Crippen LogP contribution in [-0.4, -0.2) is 41.4 Å². The SMILES string of the molecule is O=C(C=NO)NCCN1C=C=C2CCCC1C2. The van der Waals surface area contributed by atoms with Gasteiger partial charge in [0.2, 0.25) is 0 Å². The number of rotatable bonds is 4. The van der Waals surface area contributed by atoms with E-state index in [2.05, 4.69) is 21.1 Å². The molecular formula is C12H17N3O2. The standard InChI is InChI=1S/C12H17N3O2/c16-12(9-14-17)13-5-7-15-6-4-10-2-1-3-11(15)8-10/h6,9,11,17H,1-3,5,7-8H2,(H,13,16). The van der Waals surface area contributed by atoms with Gasteiger partial charge in [0.15, 0.2) is 0 Å². The van der Waals surface area contributed by atoms with Crippen LogP contribution < -0.4 is 5.32 Å². The molecule has 2 N–H and O–H groups in total. The van der Waals surface area contributed by atoms with Crippen LogP contribution in [0.4, 0.5) is 0 Å². The largest absolute Gasteiger partial charge is 0.411 e. The van der Waals surface area contributed by atoms with Crippen molar-refractivity contribution in [1.29, 1.82) is 0 Å². The lowest BCUT2D eigenvalue weighted by molar-refractivity contribution is -0.114. The van der Waals surface area contributed by atoms with E-state index in [1.807, 2.05) is 6.20 Å². The molecule has 0 spiro atoms. The molecule has 5 heteroatoms. The van der Waals surface area contributed by atoms with E-state index < -0.39 is 0 Å². The van der Waals surface area contributed by atoms with E-state index in [1.165, 1.54) is 24.8 Å². The molecule has 0 radical (unpaired) electrons. The van der Waals surface area contributed by atoms with E-state index in [0.29, 0.717) is 12.6 Å². The first-order valence-electron chi connectivity index (χ1n) is 5.95. The first-order valence-corrected chi connectivity index (χ1v) is 5.95. The first kappa shape index (κ1) is 11.7. The Morgan fingerprint density at radius 3 is 3.47 bits per heavy atom. The van der Waals surface area contributed by atoms with E-state index in [0.717, 1.165) is 19.2 Å². The fourth-order valence-corrected chi connectivity index (χ4v) is 2.39. The molecule has 0 aromatic carbocycles. The van der Waals surface area contributed by atoms with Gasteiger partial charge in [-0.15, -0.1) is 5.73 Å². The number of amides is 1. The summed E-state index contributed by atoms with van der Waals surface area (Å²) in [6.45, 7) is 1.32. The maximum Gasteiger partial charge on any atom is 0.265 e. The molecule has 2 rings (SSSR count). The van der Waals surface area contributed by atoms with Crippen LogP contribution >= 0.6 is 0 Å². The number of carbonyl (C=O) groups excluding carboxylic acids is 1. The number of nitrogens with zero attached hydrogens (tertiary/aromatic N) is 2. The average molecular weight is 235 g/mol. The Kier molecular flexibility index (Phi) is 3.83. The zero-order valence-electron chi connectivity index (χ0n) is 9.72. The number of oxime groups is 1. The van der Waals surface area contributed by atoms with Crippen LogP contribution in [0.25, 0.3) is 0 Å². The summed E-state index contributed by atoms with van der Waals surface area (Å²) in [5.74, 6) is -0.367. The number of nitrogens with one attached hydrogen (secondary N) is 1. The second-order valence-electron chi connectivity index (χ2n) is 4.40. The fraction of sp³-hybridized carbons (Fsp3) is 0.583. The number of hydrogen-bond donors (Lipinski definition) is 2. The molecule has 1 amide bonds. The summed E-state index contributed by atoms with van der Waals surface area (Å²) in [5, 5.41) is 13.5. The van der Waals surface area contributed by atoms with Crippen LogP contribution in [0.15, 0.2) is 22.7 Å². The molecule has 1 fully saturated rings. The highest BCUT2D eigenvalue weighted by atomic mass is 16.4. The van der Waals surface area contributed by atoms with Gasteiger partial charge in [-0.05, 0) is 31.3 Å². The maximum absolute atomic E-state index is 11.0. The van der Waals surface area contributed by atoms with Crippen LogP contribution in [0, 0.1) is 0 Å². The summed E-state index contributed by atoms with van der Waals surface area (Å²) in [7, 11) is 0. The van der Waals surface area contributed by atoms with Crippen LogP contribution in [0.2, 0.25) is 0 Å². The van der Waals surface area contributed by atoms with E-state index in [-0.39, 0.29) is 5.91 Å². The van der Waals surface area contributed by atoms with Gasteiger partial charge in [0.05, 0.1) is 0 Å². The Bertz CT molecular complexity index is 383. The highest BCUT2D eigenvalue weighted by molar-refractivity contribution is 6.25. The van der Waals surface area contributed by atoms with Gasteiger partial charge >= 0.3 is 0 Å². The second-order valence-corrected chi connectivity index (χ2v) is 4.40. The lowest BCUT2D eigenvalue weighted by Crippen LogP contribution is -2.40. The molecule has 0 saturated heterocycles. The Balaban J connectivity index is 1.80. The van der Waals surface area contributed by atoms with Crippen molar-refractivity contribution >= 4 is 12.1 Å². The Hall–Kier alpha value is -1.74. The van der Waals surface area contributed by atoms with Gasteiger partial charge in [-0.25, -0.2) is 0 Å². The average Bonchev–Trinajstić information content (AvgIpc) is 2.33. The van der Waals surface area contributed by atoms with Crippen molar-refractivity contribution in [3.05, 3.63) is 17.5 Å². The predicted octanol–water partition coefficient (Wildman–Crippen LogP) is 0.860. The Labute approximate surface area is 100 Å². The van der Waals surface area contributed by atoms with Crippen LogP contribution in [0.5, 0.6) is 0 Å². The second kappa shape index (κ2) is 5.55. The lowest BCUT2D eigenvalue weighted by Gasteiger charge is -2.36. The van der Waals surface area contributed by atoms with Crippen molar-refractivity contribution < 1.29 is 10.0 Å². The summed E-state index contributed by atoms with van der Waals surface area (Å²) < 4.78 is 0. The van der Waals surface area contributed by atoms with Gasteiger partial charge in [0, 0.05) is 25.3 Å². The van der Waals surface area contributed by atoms with Gasteiger partial charge in [-0.2, -0.15) is 0 Å². The monoisotopic (exact) mass is 235 g/mol. The highest BCUT2D eigenvalue weighted by Crippen LogP contribution is 2.29. The van der Waals surface area contributed by atoms with Crippen molar-refractivity contribution in [2.45, 2.75) is 31.7 Å². The molecule has 1 heterocycles. The first-order chi connectivity index (χ1) is 8.29. The van der Waals surface area contributed by atoms with E-state index in [4.69, 9.17) is 5.21 Å². The fourth-order valence-electron chi connectivity index (χ4n) is 2.39. The molecule has 2 bridgehead atoms. The number of fused-ring (bicyclic) bond motifs is 2. The van der Waals surface area contributed by atoms with Crippen LogP contribution in [0.1, 0.15) is 25.7 Å². The molecule has 17 heavy (non-hydrogen) atoms. The zero-order valence-corrected chi connectivity index (χ0v) is 9.72. The van der Waals surface area contributed by atoms with Gasteiger partial charge in [-0.1, -0.05) is 5.16 Å². The van der Waals surface area contributed by atoms with E-state index in [9.17, 15) is 4.79 Å². The minimum atomic E-state index is -0.367. The molecule has 92 valence electrons. The normalized spacial score (nSPS) is 22.7. The molecule has 0 aromatic heterocycles. The topological polar surface area (TPSA) is 64.9 Å². The highest BCUT2D eigenvalue weighted by Gasteiger charge is 2.23. The predicted molar refractivity (Wildman–Crippen MR) is 63.8 cm³/mol. The summed E-state index contributed by atoms with van der Waals surface area (Å²) in [4.78, 5) is 13.3. The van der Waals surface area contributed by atoms with Gasteiger partial charge in [0.1, 0.15) is 6.21 Å². The molecule has 1 aliphatic carbocycles. The minimum Gasteiger partial charge on any atom is -0.411 e.